The molecule has 1 unspecified atom stereocenters. The Balaban J connectivity index is 0.00000121. The van der Waals surface area contributed by atoms with Crippen molar-refractivity contribution in [1.82, 2.24) is 13.9 Å². The minimum Gasteiger partial charge on any atom is -0.394 e. The average molecular weight is 584 g/mol. The summed E-state index contributed by atoms with van der Waals surface area (Å²) in [6, 6.07) is 14.3. The minimum absolute atomic E-state index is 0.0507. The molecule has 10 heteroatoms. The van der Waals surface area contributed by atoms with E-state index in [4.69, 9.17) is 4.74 Å². The van der Waals surface area contributed by atoms with E-state index in [2.05, 4.69) is 50.0 Å². The van der Waals surface area contributed by atoms with Crippen LogP contribution in [0.15, 0.2) is 67.9 Å². The van der Waals surface area contributed by atoms with Crippen molar-refractivity contribution in [3.05, 3.63) is 90.1 Å². The van der Waals surface area contributed by atoms with Gasteiger partial charge in [-0.1, -0.05) is 44.2 Å². The Morgan fingerprint density at radius 2 is 1.92 bits per heavy atom. The normalized spacial score (nSPS) is 12.6. The molecule has 38 heavy (non-hydrogen) atoms. The van der Waals surface area contributed by atoms with E-state index in [-0.39, 0.29) is 36.5 Å². The van der Waals surface area contributed by atoms with Gasteiger partial charge in [-0.15, -0.1) is 13.2 Å². The van der Waals surface area contributed by atoms with Crippen molar-refractivity contribution in [3.8, 4) is 0 Å². The van der Waals surface area contributed by atoms with Gasteiger partial charge >= 0.3 is 135 Å². The number of rotatable bonds is 8. The fraction of sp³-hybridized carbons (Fsp3) is 0.286. The standard InChI is InChI=1S/C24H24N5O4Se.C2H6.C2H4/c1-2-33-23(32)19-13-25-24(28-21(19)27-20(14-30)15-6-4-3-5-7-15)26-17-8-9-18-16(12-17)10-11-29(34)22(18)31;2*1-2/h3-9,12-13,20,30H,2,10-11,14H2,1H3,(H2,25,26,27,28);1-2H3;1-2H2. The van der Waals surface area contributed by atoms with E-state index >= 15 is 0 Å². The van der Waals surface area contributed by atoms with Gasteiger partial charge in [0.2, 0.25) is 0 Å². The van der Waals surface area contributed by atoms with Gasteiger partial charge in [-0.3, -0.25) is 0 Å². The molecule has 3 aromatic rings. The summed E-state index contributed by atoms with van der Waals surface area (Å²) >= 11 is 2.77. The predicted molar refractivity (Wildman–Crippen MR) is 151 cm³/mol. The molecular weight excluding hydrogens is 549 g/mol. The van der Waals surface area contributed by atoms with Gasteiger partial charge in [-0.05, 0) is 12.5 Å². The van der Waals surface area contributed by atoms with Gasteiger partial charge in [0.15, 0.2) is 0 Å². The van der Waals surface area contributed by atoms with Crippen LogP contribution < -0.4 is 10.6 Å². The van der Waals surface area contributed by atoms with Gasteiger partial charge in [0.05, 0.1) is 13.2 Å². The van der Waals surface area contributed by atoms with Crippen LogP contribution >= 0.6 is 0 Å². The van der Waals surface area contributed by atoms with Gasteiger partial charge in [-0.2, -0.15) is 0 Å². The number of ether oxygens (including phenoxy) is 1. The summed E-state index contributed by atoms with van der Waals surface area (Å²) in [5.41, 5.74) is 3.32. The number of hydrogen-bond acceptors (Lipinski definition) is 8. The number of carbonyl (C=O) groups is 2. The molecule has 4 rings (SSSR count). The summed E-state index contributed by atoms with van der Waals surface area (Å²) in [5.74, 6) is -0.114. The molecule has 0 bridgehead atoms. The third-order valence-electron chi connectivity index (χ3n) is 5.38. The maximum atomic E-state index is 12.5. The summed E-state index contributed by atoms with van der Waals surface area (Å²) in [4.78, 5) is 33.6. The quantitative estimate of drug-likeness (QED) is 0.202. The number of esters is 1. The molecule has 1 atom stereocenters. The van der Waals surface area contributed by atoms with E-state index in [9.17, 15) is 14.7 Å². The van der Waals surface area contributed by atoms with Crippen molar-refractivity contribution < 1.29 is 19.4 Å². The number of nitrogens with one attached hydrogen (secondary N) is 2. The zero-order valence-corrected chi connectivity index (χ0v) is 23.7. The molecule has 2 heterocycles. The van der Waals surface area contributed by atoms with Crippen molar-refractivity contribution in [3.63, 3.8) is 0 Å². The molecule has 1 amide bonds. The molecule has 0 saturated carbocycles. The van der Waals surface area contributed by atoms with Crippen molar-refractivity contribution in [2.24, 2.45) is 0 Å². The summed E-state index contributed by atoms with van der Waals surface area (Å²) in [6.45, 7) is 12.3. The Morgan fingerprint density at radius 1 is 1.21 bits per heavy atom. The number of aliphatic hydroxyl groups excluding tert-OH is 1. The molecule has 9 nitrogen and oxygen atoms in total. The third kappa shape index (κ3) is 7.64. The van der Waals surface area contributed by atoms with Crippen LogP contribution in [0.1, 0.15) is 58.7 Å². The molecule has 1 aliphatic rings. The summed E-state index contributed by atoms with van der Waals surface area (Å²) in [7, 11) is 0. The van der Waals surface area contributed by atoms with E-state index in [1.54, 1.807) is 23.0 Å². The summed E-state index contributed by atoms with van der Waals surface area (Å²) < 4.78 is 6.73. The first-order valence-corrected chi connectivity index (χ1v) is 13.1. The molecule has 0 saturated heterocycles. The number of nitrogens with zero attached hydrogens (tertiary/aromatic N) is 3. The second kappa shape index (κ2) is 15.5. The van der Waals surface area contributed by atoms with E-state index in [0.717, 1.165) is 23.2 Å². The van der Waals surface area contributed by atoms with Crippen LogP contribution in [0.3, 0.4) is 0 Å². The topological polar surface area (TPSA) is 117 Å². The van der Waals surface area contributed by atoms with E-state index < -0.39 is 12.0 Å². The minimum atomic E-state index is -0.561. The van der Waals surface area contributed by atoms with Gasteiger partial charge < -0.3 is 9.84 Å². The van der Waals surface area contributed by atoms with Crippen LogP contribution in [0.2, 0.25) is 0 Å². The first-order chi connectivity index (χ1) is 18.5. The van der Waals surface area contributed by atoms with Crippen molar-refractivity contribution in [2.45, 2.75) is 33.2 Å². The number of fused-ring (bicyclic) bond motifs is 1. The van der Waals surface area contributed by atoms with Gasteiger partial charge in [0.25, 0.3) is 0 Å². The first kappa shape index (κ1) is 30.5. The van der Waals surface area contributed by atoms with Crippen molar-refractivity contribution in [2.75, 3.05) is 30.4 Å². The molecule has 0 aliphatic carbocycles. The van der Waals surface area contributed by atoms with Crippen LogP contribution in [-0.2, 0) is 11.2 Å². The number of hydrogen-bond donors (Lipinski definition) is 3. The smallest absolute Gasteiger partial charge is 0.394 e. The van der Waals surface area contributed by atoms with Gasteiger partial charge in [0, 0.05) is 0 Å². The van der Waals surface area contributed by atoms with Crippen LogP contribution in [-0.4, -0.2) is 66.9 Å². The number of anilines is 3. The molecule has 3 N–H and O–H groups in total. The Labute approximate surface area is 232 Å². The number of carbonyl (C=O) groups excluding carboxylic acids is 2. The Bertz CT molecular complexity index is 1210. The fourth-order valence-corrected chi connectivity index (χ4v) is 4.07. The van der Waals surface area contributed by atoms with Gasteiger partial charge in [-0.25, -0.2) is 4.79 Å². The van der Waals surface area contributed by atoms with E-state index in [1.807, 2.05) is 50.2 Å². The Morgan fingerprint density at radius 3 is 2.58 bits per heavy atom. The average Bonchev–Trinajstić information content (AvgIpc) is 2.96. The Hall–Kier alpha value is -3.72. The van der Waals surface area contributed by atoms with Crippen LogP contribution in [0, 0.1) is 0 Å². The molecule has 1 aromatic heterocycles. The van der Waals surface area contributed by atoms with Crippen LogP contribution in [0.4, 0.5) is 17.5 Å². The number of amides is 1. The van der Waals surface area contributed by atoms with E-state index in [0.29, 0.717) is 12.1 Å². The number of aliphatic hydroxyl groups is 1. The number of aromatic nitrogens is 2. The maximum absolute atomic E-state index is 12.5. The van der Waals surface area contributed by atoms with E-state index in [1.165, 1.54) is 6.20 Å². The van der Waals surface area contributed by atoms with Crippen molar-refractivity contribution >= 4 is 45.6 Å². The summed E-state index contributed by atoms with van der Waals surface area (Å²) in [5, 5.41) is 16.2. The Kier molecular flexibility index (Phi) is 12.5. The van der Waals surface area contributed by atoms with Crippen LogP contribution in [0.25, 0.3) is 0 Å². The molecular formula is C28H34N5O4Se. The zero-order valence-electron chi connectivity index (χ0n) is 21.9. The molecule has 201 valence electrons. The monoisotopic (exact) mass is 584 g/mol. The fourth-order valence-electron chi connectivity index (χ4n) is 3.67. The number of benzene rings is 2. The third-order valence-corrected chi connectivity index (χ3v) is 6.11. The first-order valence-electron chi connectivity index (χ1n) is 12.4. The predicted octanol–water partition coefficient (Wildman–Crippen LogP) is 4.45. The SMILES string of the molecule is C=C.CC.CCOC(=O)c1cnc(Nc2ccc3c(c2)CCN([Se])C3=O)nc1NC(CO)c1ccccc1. The summed E-state index contributed by atoms with van der Waals surface area (Å²) in [6.07, 6.45) is 2.12. The molecule has 1 radical (unpaired) electrons. The molecule has 2 aromatic carbocycles. The molecule has 0 fully saturated rings. The zero-order chi connectivity index (χ0) is 28.1. The molecule has 1 aliphatic heterocycles. The van der Waals surface area contributed by atoms with Crippen molar-refractivity contribution in [1.29, 1.82) is 0 Å². The van der Waals surface area contributed by atoms with Gasteiger partial charge in [0.1, 0.15) is 0 Å². The molecule has 0 spiro atoms. The second-order valence-electron chi connectivity index (χ2n) is 7.62. The second-order valence-corrected chi connectivity index (χ2v) is 8.55. The van der Waals surface area contributed by atoms with Crippen LogP contribution in [0.5, 0.6) is 0 Å².